The number of hydrogen-bond donors (Lipinski definition) is 2. The fourth-order valence-electron chi connectivity index (χ4n) is 2.29. The number of carbonyl (C=O) groups excluding carboxylic acids is 1. The van der Waals surface area contributed by atoms with Crippen LogP contribution in [0.4, 0.5) is 0 Å². The van der Waals surface area contributed by atoms with Crippen LogP contribution in [-0.4, -0.2) is 31.6 Å². The summed E-state index contributed by atoms with van der Waals surface area (Å²) in [5.74, 6) is 0.0677. The third-order valence-corrected chi connectivity index (χ3v) is 4.48. The molecule has 0 aromatic carbocycles. The maximum atomic E-state index is 12.0. The Morgan fingerprint density at radius 1 is 1.59 bits per heavy atom. The van der Waals surface area contributed by atoms with E-state index in [9.17, 15) is 4.79 Å². The Hall–Kier alpha value is -0.910. The first kappa shape index (κ1) is 11.2. The Morgan fingerprint density at radius 3 is 3.29 bits per heavy atom. The lowest BCUT2D eigenvalue weighted by molar-refractivity contribution is 0.0943. The monoisotopic (exact) mass is 252 g/mol. The van der Waals surface area contributed by atoms with Gasteiger partial charge in [-0.2, -0.15) is 0 Å². The van der Waals surface area contributed by atoms with Gasteiger partial charge in [-0.15, -0.1) is 11.3 Å². The summed E-state index contributed by atoms with van der Waals surface area (Å²) >= 11 is 1.61. The van der Waals surface area contributed by atoms with Crippen molar-refractivity contribution in [2.75, 3.05) is 19.7 Å². The zero-order valence-corrected chi connectivity index (χ0v) is 10.4. The Labute approximate surface area is 104 Å². The first-order valence-corrected chi connectivity index (χ1v) is 6.85. The smallest absolute Gasteiger partial charge is 0.261 e. The summed E-state index contributed by atoms with van der Waals surface area (Å²) in [4.78, 5) is 14.2. The molecular weight excluding hydrogens is 236 g/mol. The molecule has 0 spiro atoms. The van der Waals surface area contributed by atoms with Crippen LogP contribution >= 0.6 is 11.3 Å². The third kappa shape index (κ3) is 2.36. The molecule has 1 fully saturated rings. The largest absolute Gasteiger partial charge is 0.376 e. The molecule has 0 saturated carbocycles. The highest BCUT2D eigenvalue weighted by Gasteiger charge is 2.21. The second-order valence-corrected chi connectivity index (χ2v) is 5.66. The van der Waals surface area contributed by atoms with Crippen LogP contribution in [0.3, 0.4) is 0 Å². The van der Waals surface area contributed by atoms with Crippen LogP contribution in [0.1, 0.15) is 26.5 Å². The van der Waals surface area contributed by atoms with Crippen molar-refractivity contribution in [3.63, 3.8) is 0 Å². The number of fused-ring (bicyclic) bond motifs is 1. The Kier molecular flexibility index (Phi) is 3.13. The molecule has 2 N–H and O–H groups in total. The van der Waals surface area contributed by atoms with E-state index in [-0.39, 0.29) is 11.9 Å². The van der Waals surface area contributed by atoms with E-state index >= 15 is 0 Å². The predicted molar refractivity (Wildman–Crippen MR) is 66.4 cm³/mol. The third-order valence-electron chi connectivity index (χ3n) is 3.25. The molecule has 2 aliphatic heterocycles. The van der Waals surface area contributed by atoms with Gasteiger partial charge in [0, 0.05) is 23.9 Å². The van der Waals surface area contributed by atoms with Crippen LogP contribution in [0.5, 0.6) is 0 Å². The molecule has 1 aromatic rings. The molecule has 1 amide bonds. The summed E-state index contributed by atoms with van der Waals surface area (Å²) in [6.07, 6.45) is 1.97. The number of hydrogen-bond acceptors (Lipinski definition) is 4. The lowest BCUT2D eigenvalue weighted by Gasteiger charge is -2.10. The Bertz CT molecular complexity index is 401. The van der Waals surface area contributed by atoms with Gasteiger partial charge in [0.25, 0.3) is 5.91 Å². The van der Waals surface area contributed by atoms with Crippen molar-refractivity contribution in [1.29, 1.82) is 0 Å². The van der Waals surface area contributed by atoms with Crippen LogP contribution in [0.15, 0.2) is 6.07 Å². The summed E-state index contributed by atoms with van der Waals surface area (Å²) in [6, 6.07) is 2.27. The summed E-state index contributed by atoms with van der Waals surface area (Å²) in [5.41, 5.74) is 1.19. The number of carbonyl (C=O) groups is 1. The number of nitrogens with one attached hydrogen (secondary N) is 2. The average molecular weight is 252 g/mol. The van der Waals surface area contributed by atoms with Crippen LogP contribution in [0.2, 0.25) is 0 Å². The molecule has 5 heteroatoms. The fourth-order valence-corrected chi connectivity index (χ4v) is 3.35. The topological polar surface area (TPSA) is 50.4 Å². The minimum absolute atomic E-state index is 0.0677. The van der Waals surface area contributed by atoms with Gasteiger partial charge in [-0.25, -0.2) is 0 Å². The molecule has 3 heterocycles. The quantitative estimate of drug-likeness (QED) is 0.822. The van der Waals surface area contributed by atoms with E-state index in [0.717, 1.165) is 37.4 Å². The molecule has 1 unspecified atom stereocenters. The van der Waals surface area contributed by atoms with Gasteiger partial charge < -0.3 is 15.4 Å². The minimum Gasteiger partial charge on any atom is -0.376 e. The summed E-state index contributed by atoms with van der Waals surface area (Å²) in [7, 11) is 0. The average Bonchev–Trinajstić information content (AvgIpc) is 2.96. The number of amides is 1. The Morgan fingerprint density at radius 2 is 2.53 bits per heavy atom. The lowest BCUT2D eigenvalue weighted by atomic mass is 10.2. The second-order valence-electron chi connectivity index (χ2n) is 4.52. The standard InChI is InChI=1S/C12H16N2O2S/c15-12(14-9-1-3-13-6-9)11-5-8-7-16-4-2-10(8)17-11/h5,9,13H,1-4,6-7H2,(H,14,15). The summed E-state index contributed by atoms with van der Waals surface area (Å²) in [6.45, 7) is 3.32. The molecule has 17 heavy (non-hydrogen) atoms. The van der Waals surface area contributed by atoms with E-state index in [2.05, 4.69) is 10.6 Å². The van der Waals surface area contributed by atoms with Crippen molar-refractivity contribution in [3.05, 3.63) is 21.4 Å². The van der Waals surface area contributed by atoms with Crippen molar-refractivity contribution < 1.29 is 9.53 Å². The van der Waals surface area contributed by atoms with E-state index in [1.54, 1.807) is 11.3 Å². The molecule has 2 aliphatic rings. The number of rotatable bonds is 2. The highest BCUT2D eigenvalue weighted by molar-refractivity contribution is 7.14. The lowest BCUT2D eigenvalue weighted by Crippen LogP contribution is -2.35. The summed E-state index contributed by atoms with van der Waals surface area (Å²) < 4.78 is 5.39. The van der Waals surface area contributed by atoms with Crippen molar-refractivity contribution in [3.8, 4) is 0 Å². The van der Waals surface area contributed by atoms with Gasteiger partial charge in [0.1, 0.15) is 0 Å². The fraction of sp³-hybridized carbons (Fsp3) is 0.583. The molecule has 92 valence electrons. The van der Waals surface area contributed by atoms with Gasteiger partial charge >= 0.3 is 0 Å². The Balaban J connectivity index is 1.70. The van der Waals surface area contributed by atoms with Crippen molar-refractivity contribution in [2.24, 2.45) is 0 Å². The van der Waals surface area contributed by atoms with Gasteiger partial charge in [-0.3, -0.25) is 4.79 Å². The van der Waals surface area contributed by atoms with Crippen LogP contribution in [0.25, 0.3) is 0 Å². The van der Waals surface area contributed by atoms with Crippen molar-refractivity contribution in [2.45, 2.75) is 25.5 Å². The van der Waals surface area contributed by atoms with Gasteiger partial charge in [0.15, 0.2) is 0 Å². The van der Waals surface area contributed by atoms with E-state index < -0.39 is 0 Å². The molecule has 0 radical (unpaired) electrons. The van der Waals surface area contributed by atoms with Crippen LogP contribution in [0, 0.1) is 0 Å². The number of ether oxygens (including phenoxy) is 1. The van der Waals surface area contributed by atoms with Crippen molar-refractivity contribution in [1.82, 2.24) is 10.6 Å². The zero-order chi connectivity index (χ0) is 11.7. The van der Waals surface area contributed by atoms with Gasteiger partial charge in [-0.1, -0.05) is 0 Å². The maximum absolute atomic E-state index is 12.0. The molecular formula is C12H16N2O2S. The highest BCUT2D eigenvalue weighted by Crippen LogP contribution is 2.26. The first-order valence-electron chi connectivity index (χ1n) is 6.04. The van der Waals surface area contributed by atoms with Crippen LogP contribution < -0.4 is 10.6 Å². The van der Waals surface area contributed by atoms with Gasteiger partial charge in [0.2, 0.25) is 0 Å². The predicted octanol–water partition coefficient (Wildman–Crippen LogP) is 0.912. The second kappa shape index (κ2) is 4.76. The van der Waals surface area contributed by atoms with E-state index in [4.69, 9.17) is 4.74 Å². The van der Waals surface area contributed by atoms with Crippen LogP contribution in [-0.2, 0) is 17.8 Å². The van der Waals surface area contributed by atoms with E-state index in [1.165, 1.54) is 10.4 Å². The molecule has 1 saturated heterocycles. The SMILES string of the molecule is O=C(NC1CCNC1)c1cc2c(s1)CCOC2. The van der Waals surface area contributed by atoms with E-state index in [1.807, 2.05) is 6.07 Å². The summed E-state index contributed by atoms with van der Waals surface area (Å²) in [5, 5.41) is 6.32. The normalized spacial score (nSPS) is 23.4. The number of thiophene rings is 1. The molecule has 3 rings (SSSR count). The first-order chi connectivity index (χ1) is 8.33. The molecule has 0 bridgehead atoms. The maximum Gasteiger partial charge on any atom is 0.261 e. The zero-order valence-electron chi connectivity index (χ0n) is 9.62. The van der Waals surface area contributed by atoms with Gasteiger partial charge in [-0.05, 0) is 24.6 Å². The molecule has 1 atom stereocenters. The minimum atomic E-state index is 0.0677. The molecule has 4 nitrogen and oxygen atoms in total. The van der Waals surface area contributed by atoms with Crippen molar-refractivity contribution >= 4 is 17.2 Å². The molecule has 1 aromatic heterocycles. The highest BCUT2D eigenvalue weighted by atomic mass is 32.1. The van der Waals surface area contributed by atoms with E-state index in [0.29, 0.717) is 6.61 Å². The van der Waals surface area contributed by atoms with Gasteiger partial charge in [0.05, 0.1) is 18.1 Å². The molecule has 0 aliphatic carbocycles.